The van der Waals surface area contributed by atoms with Crippen LogP contribution in [0.2, 0.25) is 0 Å². The fraction of sp³-hybridized carbons (Fsp3) is 0.368. The Kier molecular flexibility index (Phi) is 6.32. The van der Waals surface area contributed by atoms with Gasteiger partial charge in [0.25, 0.3) is 0 Å². The maximum absolute atomic E-state index is 12.8. The fourth-order valence-corrected chi connectivity index (χ4v) is 4.06. The van der Waals surface area contributed by atoms with E-state index in [1.165, 1.54) is 23.9 Å². The number of sulfonamides is 1. The molecule has 0 spiro atoms. The second-order valence-corrected chi connectivity index (χ2v) is 8.66. The first-order chi connectivity index (χ1) is 14.2. The Balaban J connectivity index is 1.61. The Morgan fingerprint density at radius 2 is 1.97 bits per heavy atom. The summed E-state index contributed by atoms with van der Waals surface area (Å²) in [5.74, 6) is 0.148. The van der Waals surface area contributed by atoms with Gasteiger partial charge in [-0.1, -0.05) is 6.07 Å². The van der Waals surface area contributed by atoms with Gasteiger partial charge in [0, 0.05) is 26.8 Å². The van der Waals surface area contributed by atoms with Gasteiger partial charge in [0.05, 0.1) is 13.2 Å². The van der Waals surface area contributed by atoms with Crippen LogP contribution < -0.4 is 14.8 Å². The Bertz CT molecular complexity index is 1060. The minimum atomic E-state index is -3.97. The van der Waals surface area contributed by atoms with E-state index < -0.39 is 21.9 Å². The van der Waals surface area contributed by atoms with Crippen LogP contribution in [-0.4, -0.2) is 56.2 Å². The molecule has 0 radical (unpaired) electrons. The monoisotopic (exact) mass is 437 g/mol. The average Bonchev–Trinajstić information content (AvgIpc) is 3.32. The molecule has 1 aromatic heterocycles. The Labute approximate surface area is 174 Å². The topological polar surface area (TPSA) is 116 Å². The predicted molar refractivity (Wildman–Crippen MR) is 106 cm³/mol. The summed E-state index contributed by atoms with van der Waals surface area (Å²) in [5, 5.41) is 2.68. The summed E-state index contributed by atoms with van der Waals surface area (Å²) < 4.78 is 43.3. The highest BCUT2D eigenvalue weighted by Crippen LogP contribution is 2.32. The predicted octanol–water partition coefficient (Wildman–Crippen LogP) is 0.867. The Morgan fingerprint density at radius 3 is 2.70 bits per heavy atom. The molecule has 10 nitrogen and oxygen atoms in total. The Hall–Kier alpha value is -3.05. The van der Waals surface area contributed by atoms with Gasteiger partial charge < -0.3 is 24.1 Å². The number of carbonyl (C=O) groups is 2. The van der Waals surface area contributed by atoms with Gasteiger partial charge in [-0.3, -0.25) is 4.79 Å². The van der Waals surface area contributed by atoms with Gasteiger partial charge in [0.1, 0.15) is 10.6 Å². The van der Waals surface area contributed by atoms with E-state index in [4.69, 9.17) is 14.2 Å². The van der Waals surface area contributed by atoms with Gasteiger partial charge in [-0.25, -0.2) is 13.2 Å². The van der Waals surface area contributed by atoms with Crippen molar-refractivity contribution in [2.75, 3.05) is 27.0 Å². The zero-order chi connectivity index (χ0) is 21.9. The number of carbonyl (C=O) groups excluding carboxylic acids is 2. The van der Waals surface area contributed by atoms with Crippen molar-refractivity contribution >= 4 is 21.9 Å². The summed E-state index contributed by atoms with van der Waals surface area (Å²) in [6.45, 7) is 1.83. The molecule has 0 aliphatic carbocycles. The molecule has 162 valence electrons. The highest BCUT2D eigenvalue weighted by Gasteiger charge is 2.26. The molecule has 0 bridgehead atoms. The first-order valence-corrected chi connectivity index (χ1v) is 10.6. The van der Waals surface area contributed by atoms with Crippen molar-refractivity contribution < 1.29 is 32.2 Å². The molecule has 3 rings (SSSR count). The average molecular weight is 437 g/mol. The van der Waals surface area contributed by atoms with Gasteiger partial charge in [0.2, 0.25) is 22.7 Å². The second-order valence-electron chi connectivity index (χ2n) is 6.62. The van der Waals surface area contributed by atoms with Crippen molar-refractivity contribution in [1.82, 2.24) is 14.2 Å². The molecule has 1 aliphatic rings. The van der Waals surface area contributed by atoms with E-state index in [0.717, 1.165) is 9.87 Å². The summed E-state index contributed by atoms with van der Waals surface area (Å²) in [4.78, 5) is 24.1. The molecule has 2 heterocycles. The summed E-state index contributed by atoms with van der Waals surface area (Å²) in [5.41, 5.74) is 0.899. The van der Waals surface area contributed by atoms with Gasteiger partial charge in [-0.15, -0.1) is 0 Å². The molecule has 1 aliphatic heterocycles. The van der Waals surface area contributed by atoms with E-state index in [-0.39, 0.29) is 37.1 Å². The van der Waals surface area contributed by atoms with Crippen LogP contribution in [0.5, 0.6) is 11.5 Å². The quantitative estimate of drug-likeness (QED) is 0.609. The van der Waals surface area contributed by atoms with Gasteiger partial charge in [-0.2, -0.15) is 4.31 Å². The van der Waals surface area contributed by atoms with Crippen LogP contribution in [0.4, 0.5) is 0 Å². The van der Waals surface area contributed by atoms with Gasteiger partial charge >= 0.3 is 5.97 Å². The van der Waals surface area contributed by atoms with Gasteiger partial charge in [0.15, 0.2) is 11.5 Å². The normalized spacial score (nSPS) is 12.8. The van der Waals surface area contributed by atoms with Crippen molar-refractivity contribution in [2.24, 2.45) is 7.05 Å². The van der Waals surface area contributed by atoms with E-state index in [1.54, 1.807) is 32.2 Å². The molecule has 0 unspecified atom stereocenters. The van der Waals surface area contributed by atoms with Crippen LogP contribution in [0.25, 0.3) is 0 Å². The lowest BCUT2D eigenvalue weighted by atomic mass is 10.2. The number of benzene rings is 1. The van der Waals surface area contributed by atoms with Crippen LogP contribution in [0.3, 0.4) is 0 Å². The molecular formula is C19H23N3O7S. The third-order valence-corrected chi connectivity index (χ3v) is 6.23. The smallest absolute Gasteiger partial charge is 0.354 e. The summed E-state index contributed by atoms with van der Waals surface area (Å²) in [6, 6.07) is 6.52. The minimum absolute atomic E-state index is 0.0980. The maximum atomic E-state index is 12.8. The van der Waals surface area contributed by atoms with E-state index >= 15 is 0 Å². The number of likely N-dealkylation sites (N-methyl/N-ethyl adjacent to an activating group) is 1. The molecule has 1 N–H and O–H groups in total. The van der Waals surface area contributed by atoms with Crippen LogP contribution in [0.1, 0.15) is 23.0 Å². The number of amides is 1. The van der Waals surface area contributed by atoms with E-state index in [9.17, 15) is 18.0 Å². The molecule has 2 aromatic rings. The molecule has 0 saturated carbocycles. The lowest BCUT2D eigenvalue weighted by Crippen LogP contribution is -2.38. The van der Waals surface area contributed by atoms with Gasteiger partial charge in [-0.05, 0) is 30.7 Å². The first-order valence-electron chi connectivity index (χ1n) is 9.17. The highest BCUT2D eigenvalue weighted by molar-refractivity contribution is 7.89. The molecule has 0 fully saturated rings. The van der Waals surface area contributed by atoms with E-state index in [0.29, 0.717) is 11.5 Å². The Morgan fingerprint density at radius 1 is 1.23 bits per heavy atom. The third kappa shape index (κ3) is 4.57. The second kappa shape index (κ2) is 8.76. The molecule has 0 atom stereocenters. The highest BCUT2D eigenvalue weighted by atomic mass is 32.2. The summed E-state index contributed by atoms with van der Waals surface area (Å²) >= 11 is 0. The number of fused-ring (bicyclic) bond motifs is 1. The number of nitrogens with zero attached hydrogens (tertiary/aromatic N) is 2. The SMILES string of the molecule is CCOC(=O)c1cc(S(=O)(=O)N(C)CC(=O)NCc2ccc3c(c2)OCO3)cn1C. The number of nitrogens with one attached hydrogen (secondary N) is 1. The zero-order valence-corrected chi connectivity index (χ0v) is 17.7. The van der Waals surface area contributed by atoms with Crippen molar-refractivity contribution in [3.05, 3.63) is 41.7 Å². The number of hydrogen-bond donors (Lipinski definition) is 1. The fourth-order valence-electron chi connectivity index (χ4n) is 2.86. The number of rotatable bonds is 8. The first kappa shape index (κ1) is 21.7. The number of ether oxygens (including phenoxy) is 3. The van der Waals surface area contributed by atoms with E-state index in [2.05, 4.69) is 5.32 Å². The number of aromatic nitrogens is 1. The molecule has 0 saturated heterocycles. The zero-order valence-electron chi connectivity index (χ0n) is 16.9. The van der Waals surface area contributed by atoms with Crippen LogP contribution in [0.15, 0.2) is 35.4 Å². The number of hydrogen-bond acceptors (Lipinski definition) is 7. The largest absolute Gasteiger partial charge is 0.461 e. The third-order valence-electron chi connectivity index (χ3n) is 4.47. The molecule has 30 heavy (non-hydrogen) atoms. The lowest BCUT2D eigenvalue weighted by Gasteiger charge is -2.16. The van der Waals surface area contributed by atoms with Crippen molar-refractivity contribution in [3.8, 4) is 11.5 Å². The summed E-state index contributed by atoms with van der Waals surface area (Å²) in [7, 11) is -1.12. The minimum Gasteiger partial charge on any atom is -0.461 e. The standard InChI is InChI=1S/C19H23N3O7S/c1-4-27-19(24)15-8-14(10-21(15)2)30(25,26)22(3)11-18(23)20-9-13-5-6-16-17(7-13)29-12-28-16/h5-8,10H,4,9,11-12H2,1-3H3,(H,20,23). The maximum Gasteiger partial charge on any atom is 0.354 e. The summed E-state index contributed by atoms with van der Waals surface area (Å²) in [6.07, 6.45) is 1.31. The number of aryl methyl sites for hydroxylation is 1. The molecule has 1 amide bonds. The van der Waals surface area contributed by atoms with E-state index in [1.807, 2.05) is 0 Å². The van der Waals surface area contributed by atoms with Crippen molar-refractivity contribution in [1.29, 1.82) is 0 Å². The lowest BCUT2D eigenvalue weighted by molar-refractivity contribution is -0.121. The molecule has 11 heteroatoms. The van der Waals surface area contributed by atoms with Crippen LogP contribution >= 0.6 is 0 Å². The van der Waals surface area contributed by atoms with Crippen LogP contribution in [0, 0.1) is 0 Å². The van der Waals surface area contributed by atoms with Crippen molar-refractivity contribution in [2.45, 2.75) is 18.4 Å². The van der Waals surface area contributed by atoms with Crippen LogP contribution in [-0.2, 0) is 33.1 Å². The molecular weight excluding hydrogens is 414 g/mol. The van der Waals surface area contributed by atoms with Crippen molar-refractivity contribution in [3.63, 3.8) is 0 Å². The molecule has 1 aromatic carbocycles. The number of esters is 1.